The number of rotatable bonds is 4. The lowest BCUT2D eigenvalue weighted by molar-refractivity contribution is 0.663. The van der Waals surface area contributed by atoms with Crippen molar-refractivity contribution in [2.24, 2.45) is 0 Å². The number of halogens is 2. The van der Waals surface area contributed by atoms with Crippen molar-refractivity contribution in [3.63, 3.8) is 0 Å². The van der Waals surface area contributed by atoms with Crippen molar-refractivity contribution >= 4 is 31.9 Å². The topological polar surface area (TPSA) is 0 Å². The molecule has 8 rings (SSSR count). The molecule has 0 amide bonds. The average molecular weight is 654 g/mol. The van der Waals surface area contributed by atoms with Crippen molar-refractivity contribution in [1.29, 1.82) is 0 Å². The molecule has 2 aliphatic carbocycles. The minimum Gasteiger partial charge on any atom is -0.0622 e. The molecule has 0 atom stereocenters. The van der Waals surface area contributed by atoms with Gasteiger partial charge in [-0.05, 0) is 110 Å². The molecule has 0 spiro atoms. The van der Waals surface area contributed by atoms with Gasteiger partial charge in [0.05, 0.1) is 0 Å². The van der Waals surface area contributed by atoms with E-state index < -0.39 is 0 Å². The summed E-state index contributed by atoms with van der Waals surface area (Å²) in [5.41, 5.74) is 16.2. The Kier molecular flexibility index (Phi) is 6.09. The van der Waals surface area contributed by atoms with Crippen LogP contribution in [-0.2, 0) is 0 Å². The number of hydrogen-bond donors (Lipinski definition) is 0. The molecule has 0 nitrogen and oxygen atoms in total. The van der Waals surface area contributed by atoms with Gasteiger partial charge >= 0.3 is 0 Å². The highest BCUT2D eigenvalue weighted by Crippen LogP contribution is 2.55. The molecule has 0 bridgehead atoms. The summed E-state index contributed by atoms with van der Waals surface area (Å²) in [6, 6.07) is 49.3. The summed E-state index contributed by atoms with van der Waals surface area (Å²) in [7, 11) is 0. The van der Waals surface area contributed by atoms with E-state index in [1.807, 2.05) is 0 Å². The van der Waals surface area contributed by atoms with E-state index in [9.17, 15) is 0 Å². The first-order valence-corrected chi connectivity index (χ1v) is 15.7. The van der Waals surface area contributed by atoms with Crippen LogP contribution in [-0.4, -0.2) is 0 Å². The van der Waals surface area contributed by atoms with Crippen LogP contribution >= 0.6 is 31.9 Å². The third-order valence-electron chi connectivity index (χ3n) is 8.90. The Morgan fingerprint density at radius 2 is 0.805 bits per heavy atom. The predicted octanol–water partition coefficient (Wildman–Crippen LogP) is 11.9. The molecule has 0 heterocycles. The number of fused-ring (bicyclic) bond motifs is 6. The van der Waals surface area contributed by atoms with Crippen LogP contribution in [0.1, 0.15) is 40.5 Å². The minimum absolute atomic E-state index is 0.316. The molecule has 0 aromatic heterocycles. The van der Waals surface area contributed by atoms with Crippen molar-refractivity contribution in [3.05, 3.63) is 165 Å². The van der Waals surface area contributed by atoms with Crippen molar-refractivity contribution in [2.75, 3.05) is 0 Å². The van der Waals surface area contributed by atoms with E-state index in [1.165, 1.54) is 66.8 Å². The van der Waals surface area contributed by atoms with Crippen LogP contribution in [0.5, 0.6) is 0 Å². The minimum atomic E-state index is 0.316. The van der Waals surface area contributed by atoms with Gasteiger partial charge in [-0.3, -0.25) is 0 Å². The highest BCUT2D eigenvalue weighted by Gasteiger charge is 2.36. The summed E-state index contributed by atoms with van der Waals surface area (Å²) in [5.74, 6) is 0.637. The van der Waals surface area contributed by atoms with Gasteiger partial charge in [-0.2, -0.15) is 0 Å². The molecule has 0 radical (unpaired) electrons. The average Bonchev–Trinajstić information content (AvgIpc) is 3.48. The summed E-state index contributed by atoms with van der Waals surface area (Å²) < 4.78 is 2.28. The third kappa shape index (κ3) is 4.24. The second-order valence-electron chi connectivity index (χ2n) is 11.1. The maximum atomic E-state index is 3.77. The molecule has 0 aliphatic heterocycles. The fourth-order valence-corrected chi connectivity index (χ4v) is 7.78. The lowest BCUT2D eigenvalue weighted by atomic mass is 9.82. The van der Waals surface area contributed by atoms with Gasteiger partial charge in [0.2, 0.25) is 0 Å². The molecule has 0 unspecified atom stereocenters. The second kappa shape index (κ2) is 9.98. The first kappa shape index (κ1) is 25.0. The molecule has 2 heteroatoms. The third-order valence-corrected chi connectivity index (χ3v) is 9.89. The number of hydrogen-bond acceptors (Lipinski definition) is 0. The van der Waals surface area contributed by atoms with E-state index in [0.29, 0.717) is 11.8 Å². The summed E-state index contributed by atoms with van der Waals surface area (Å²) in [4.78, 5) is 0. The van der Waals surface area contributed by atoms with Gasteiger partial charge in [-0.25, -0.2) is 0 Å². The van der Waals surface area contributed by atoms with Crippen LogP contribution in [0, 0.1) is 0 Å². The van der Waals surface area contributed by atoms with E-state index in [-0.39, 0.29) is 0 Å². The summed E-state index contributed by atoms with van der Waals surface area (Å²) in [6.07, 6.45) is 1.03. The van der Waals surface area contributed by atoms with Gasteiger partial charge in [0.15, 0.2) is 0 Å². The van der Waals surface area contributed by atoms with Crippen LogP contribution in [0.15, 0.2) is 142 Å². The Morgan fingerprint density at radius 1 is 0.366 bits per heavy atom. The van der Waals surface area contributed by atoms with Crippen LogP contribution in [0.25, 0.3) is 44.5 Å². The Balaban J connectivity index is 1.29. The van der Waals surface area contributed by atoms with Crippen molar-refractivity contribution in [1.82, 2.24) is 0 Å². The lowest BCUT2D eigenvalue weighted by Gasteiger charge is -2.21. The Hall–Kier alpha value is -3.72. The van der Waals surface area contributed by atoms with Gasteiger partial charge < -0.3 is 0 Å². The highest BCUT2D eigenvalue weighted by atomic mass is 79.9. The van der Waals surface area contributed by atoms with Crippen LogP contribution in [0.2, 0.25) is 0 Å². The van der Waals surface area contributed by atoms with Crippen LogP contribution < -0.4 is 0 Å². The van der Waals surface area contributed by atoms with E-state index in [2.05, 4.69) is 165 Å². The molecule has 6 aromatic rings. The standard InChI is InChI=1S/C39H26Br2/c40-28-13-17-30-31-18-14-29(41)22-37(31)39(36(30)21-28)23-38-32-15-11-26(24-7-3-1-4-8-24)19-34(32)35-20-27(12-16-33(35)38)25-9-5-2-6-10-25/h1-22,38-39H,23H2. The molecular formula is C39H26Br2. The quantitative estimate of drug-likeness (QED) is 0.178. The Bertz CT molecular complexity index is 1800. The Morgan fingerprint density at radius 3 is 1.27 bits per heavy atom. The first-order valence-electron chi connectivity index (χ1n) is 14.1. The van der Waals surface area contributed by atoms with Gasteiger partial charge in [0.25, 0.3) is 0 Å². The summed E-state index contributed by atoms with van der Waals surface area (Å²) in [5, 5.41) is 0. The molecule has 41 heavy (non-hydrogen) atoms. The molecular weight excluding hydrogens is 628 g/mol. The first-order chi connectivity index (χ1) is 20.1. The largest absolute Gasteiger partial charge is 0.0622 e. The smallest absolute Gasteiger partial charge is 0.0178 e. The number of benzene rings is 6. The Labute approximate surface area is 258 Å². The molecule has 0 fully saturated rings. The van der Waals surface area contributed by atoms with Crippen LogP contribution in [0.4, 0.5) is 0 Å². The SMILES string of the molecule is Brc1ccc2c(c1)C(CC1c3ccc(-c4ccccc4)cc3-c3cc(-c4ccccc4)ccc31)c1cc(Br)ccc1-2. The second-order valence-corrected chi connectivity index (χ2v) is 13.0. The van der Waals surface area contributed by atoms with Gasteiger partial charge in [-0.15, -0.1) is 0 Å². The summed E-state index contributed by atoms with van der Waals surface area (Å²) in [6.45, 7) is 0. The van der Waals surface area contributed by atoms with Crippen LogP contribution in [0.3, 0.4) is 0 Å². The van der Waals surface area contributed by atoms with Crippen molar-refractivity contribution in [2.45, 2.75) is 18.3 Å². The maximum absolute atomic E-state index is 3.77. The van der Waals surface area contributed by atoms with Gasteiger partial charge in [0, 0.05) is 20.8 Å². The molecule has 0 saturated carbocycles. The molecule has 2 aliphatic rings. The monoisotopic (exact) mass is 652 g/mol. The summed E-state index contributed by atoms with van der Waals surface area (Å²) >= 11 is 7.53. The van der Waals surface area contributed by atoms with Gasteiger partial charge in [0.1, 0.15) is 0 Å². The molecule has 196 valence electrons. The molecule has 0 saturated heterocycles. The van der Waals surface area contributed by atoms with E-state index >= 15 is 0 Å². The predicted molar refractivity (Wildman–Crippen MR) is 178 cm³/mol. The zero-order valence-electron chi connectivity index (χ0n) is 22.3. The lowest BCUT2D eigenvalue weighted by Crippen LogP contribution is -2.06. The zero-order valence-corrected chi connectivity index (χ0v) is 25.5. The van der Waals surface area contributed by atoms with Crippen molar-refractivity contribution in [3.8, 4) is 44.5 Å². The molecule has 6 aromatic carbocycles. The zero-order chi connectivity index (χ0) is 27.5. The maximum Gasteiger partial charge on any atom is 0.0178 e. The molecule has 0 N–H and O–H groups in total. The fraction of sp³-hybridized carbons (Fsp3) is 0.0769. The van der Waals surface area contributed by atoms with Crippen molar-refractivity contribution < 1.29 is 0 Å². The van der Waals surface area contributed by atoms with E-state index in [1.54, 1.807) is 0 Å². The van der Waals surface area contributed by atoms with E-state index in [0.717, 1.165) is 15.4 Å². The fourth-order valence-electron chi connectivity index (χ4n) is 7.02. The van der Waals surface area contributed by atoms with Gasteiger partial charge in [-0.1, -0.05) is 129 Å². The normalized spacial score (nSPS) is 13.5. The van der Waals surface area contributed by atoms with E-state index in [4.69, 9.17) is 0 Å². The highest BCUT2D eigenvalue weighted by molar-refractivity contribution is 9.10.